The zero-order valence-electron chi connectivity index (χ0n) is 19.6. The SMILES string of the molecule is CC(C)(C)S(=O)(=O)N[C@@](C)(CS(=O)(=O)c1ccc(F)cc1)C(=O)Nc1ccc(C#N)c(C(F)(F)F)c1. The molecule has 0 saturated heterocycles. The fraction of sp³-hybridized carbons (Fsp3) is 0.364. The number of nitrogens with zero attached hydrogens (tertiary/aromatic N) is 1. The fourth-order valence-electron chi connectivity index (χ4n) is 2.92. The van der Waals surface area contributed by atoms with Crippen LogP contribution in [0, 0.1) is 17.1 Å². The first-order valence-electron chi connectivity index (χ1n) is 10.2. The topological polar surface area (TPSA) is 133 Å². The number of carbonyl (C=O) groups excluding carboxylic acids is 1. The van der Waals surface area contributed by atoms with Crippen molar-refractivity contribution in [2.75, 3.05) is 11.1 Å². The Morgan fingerprint density at radius 3 is 2.00 bits per heavy atom. The summed E-state index contributed by atoms with van der Waals surface area (Å²) >= 11 is 0. The molecule has 0 aromatic heterocycles. The van der Waals surface area contributed by atoms with Gasteiger partial charge in [-0.3, -0.25) is 4.79 Å². The van der Waals surface area contributed by atoms with E-state index in [1.165, 1.54) is 26.8 Å². The minimum atomic E-state index is -4.94. The van der Waals surface area contributed by atoms with E-state index in [4.69, 9.17) is 5.26 Å². The number of sulfonamides is 1. The number of hydrogen-bond acceptors (Lipinski definition) is 6. The largest absolute Gasteiger partial charge is 0.417 e. The molecule has 196 valence electrons. The van der Waals surface area contributed by atoms with Gasteiger partial charge in [-0.1, -0.05) is 0 Å². The van der Waals surface area contributed by atoms with E-state index in [1.807, 2.05) is 0 Å². The monoisotopic (exact) mass is 549 g/mol. The Hall–Kier alpha value is -3.02. The van der Waals surface area contributed by atoms with E-state index in [9.17, 15) is 39.2 Å². The molecule has 1 atom stereocenters. The lowest BCUT2D eigenvalue weighted by molar-refractivity contribution is -0.137. The van der Waals surface area contributed by atoms with Crippen molar-refractivity contribution in [3.05, 3.63) is 59.4 Å². The molecule has 0 aliphatic heterocycles. The van der Waals surface area contributed by atoms with E-state index in [2.05, 4.69) is 10.0 Å². The van der Waals surface area contributed by atoms with E-state index >= 15 is 0 Å². The molecule has 0 heterocycles. The van der Waals surface area contributed by atoms with Crippen molar-refractivity contribution in [2.45, 2.75) is 49.1 Å². The van der Waals surface area contributed by atoms with Crippen molar-refractivity contribution in [3.8, 4) is 6.07 Å². The summed E-state index contributed by atoms with van der Waals surface area (Å²) in [6.07, 6.45) is -4.94. The molecule has 1 amide bonds. The third kappa shape index (κ3) is 6.59. The van der Waals surface area contributed by atoms with Crippen LogP contribution in [0.1, 0.15) is 38.8 Å². The van der Waals surface area contributed by atoms with Gasteiger partial charge in [0, 0.05) is 5.69 Å². The minimum Gasteiger partial charge on any atom is -0.324 e. The van der Waals surface area contributed by atoms with Gasteiger partial charge in [0.05, 0.1) is 32.6 Å². The van der Waals surface area contributed by atoms with Gasteiger partial charge in [0.25, 0.3) is 0 Å². The standard InChI is InChI=1S/C22H23F4N3O5S2/c1-20(2,3)36(33,34)29-21(4,13-35(31,32)17-9-6-15(23)7-10-17)19(30)28-16-8-5-14(12-27)18(11-16)22(24,25)26/h5-11,29H,13H2,1-4H3,(H,28,30)/t21-/m0/s1. The molecule has 0 fully saturated rings. The van der Waals surface area contributed by atoms with E-state index in [0.717, 1.165) is 43.3 Å². The highest BCUT2D eigenvalue weighted by atomic mass is 32.2. The maximum absolute atomic E-state index is 13.3. The molecule has 2 rings (SSSR count). The molecular formula is C22H23F4N3O5S2. The van der Waals surface area contributed by atoms with Crippen LogP contribution >= 0.6 is 0 Å². The Kier molecular flexibility index (Phi) is 7.95. The maximum atomic E-state index is 13.3. The summed E-state index contributed by atoms with van der Waals surface area (Å²) in [4.78, 5) is 12.8. The Balaban J connectivity index is 2.56. The van der Waals surface area contributed by atoms with Crippen molar-refractivity contribution >= 4 is 31.5 Å². The average Bonchev–Trinajstić information content (AvgIpc) is 2.71. The highest BCUT2D eigenvalue weighted by Crippen LogP contribution is 2.34. The van der Waals surface area contributed by atoms with Crippen LogP contribution in [-0.4, -0.2) is 38.8 Å². The van der Waals surface area contributed by atoms with Crippen molar-refractivity contribution in [2.24, 2.45) is 0 Å². The summed E-state index contributed by atoms with van der Waals surface area (Å²) in [7, 11) is -8.76. The Bertz CT molecular complexity index is 1410. The zero-order chi connectivity index (χ0) is 27.7. The first-order chi connectivity index (χ1) is 16.2. The summed E-state index contributed by atoms with van der Waals surface area (Å²) in [6, 6.07) is 7.23. The molecule has 14 heteroatoms. The summed E-state index contributed by atoms with van der Waals surface area (Å²) in [6.45, 7) is 4.83. The Labute approximate surface area is 206 Å². The first kappa shape index (κ1) is 29.2. The zero-order valence-corrected chi connectivity index (χ0v) is 21.2. The number of carbonyl (C=O) groups is 1. The van der Waals surface area contributed by atoms with Crippen LogP contribution in [0.25, 0.3) is 0 Å². The van der Waals surface area contributed by atoms with Gasteiger partial charge >= 0.3 is 6.18 Å². The molecule has 2 N–H and O–H groups in total. The summed E-state index contributed by atoms with van der Waals surface area (Å²) in [5.41, 5.74) is -4.92. The van der Waals surface area contributed by atoms with Gasteiger partial charge in [-0.25, -0.2) is 21.2 Å². The molecule has 8 nitrogen and oxygen atoms in total. The maximum Gasteiger partial charge on any atom is 0.417 e. The molecule has 0 radical (unpaired) electrons. The number of hydrogen-bond donors (Lipinski definition) is 2. The average molecular weight is 550 g/mol. The van der Waals surface area contributed by atoms with Crippen molar-refractivity contribution in [1.29, 1.82) is 5.26 Å². The number of benzene rings is 2. The lowest BCUT2D eigenvalue weighted by atomic mass is 10.0. The molecule has 0 saturated carbocycles. The predicted molar refractivity (Wildman–Crippen MR) is 123 cm³/mol. The lowest BCUT2D eigenvalue weighted by Crippen LogP contribution is -2.61. The summed E-state index contributed by atoms with van der Waals surface area (Å²) < 4.78 is 105. The Morgan fingerprint density at radius 2 is 1.53 bits per heavy atom. The molecule has 2 aromatic carbocycles. The second kappa shape index (κ2) is 9.79. The molecule has 2 aromatic rings. The van der Waals surface area contributed by atoms with E-state index in [1.54, 1.807) is 0 Å². The smallest absolute Gasteiger partial charge is 0.324 e. The highest BCUT2D eigenvalue weighted by Gasteiger charge is 2.45. The van der Waals surface area contributed by atoms with Gasteiger partial charge in [0.2, 0.25) is 15.9 Å². The van der Waals surface area contributed by atoms with Gasteiger partial charge < -0.3 is 5.32 Å². The van der Waals surface area contributed by atoms with Crippen LogP contribution in [-0.2, 0) is 30.8 Å². The third-order valence-electron chi connectivity index (χ3n) is 5.02. The predicted octanol–water partition coefficient (Wildman–Crippen LogP) is 3.61. The summed E-state index contributed by atoms with van der Waals surface area (Å²) in [5, 5.41) is 11.0. The van der Waals surface area contributed by atoms with Crippen LogP contribution in [0.3, 0.4) is 0 Å². The highest BCUT2D eigenvalue weighted by molar-refractivity contribution is 7.92. The molecule has 0 bridgehead atoms. The summed E-state index contributed by atoms with van der Waals surface area (Å²) in [5.74, 6) is -3.15. The number of anilines is 1. The number of halogens is 4. The van der Waals surface area contributed by atoms with Crippen LogP contribution in [0.15, 0.2) is 47.4 Å². The number of rotatable bonds is 7. The second-order valence-corrected chi connectivity index (χ2v) is 13.5. The fourth-order valence-corrected chi connectivity index (χ4v) is 5.76. The third-order valence-corrected chi connectivity index (χ3v) is 9.30. The van der Waals surface area contributed by atoms with Gasteiger partial charge in [0.15, 0.2) is 9.84 Å². The van der Waals surface area contributed by atoms with Crippen LogP contribution in [0.5, 0.6) is 0 Å². The minimum absolute atomic E-state index is 0.407. The molecular weight excluding hydrogens is 526 g/mol. The lowest BCUT2D eigenvalue weighted by Gasteiger charge is -2.32. The molecule has 0 spiro atoms. The Morgan fingerprint density at radius 1 is 0.972 bits per heavy atom. The normalized spacial score (nSPS) is 14.5. The van der Waals surface area contributed by atoms with Gasteiger partial charge in [0.1, 0.15) is 11.4 Å². The quantitative estimate of drug-likeness (QED) is 0.401. The van der Waals surface area contributed by atoms with Crippen molar-refractivity contribution < 1.29 is 39.2 Å². The van der Waals surface area contributed by atoms with Crippen molar-refractivity contribution in [1.82, 2.24) is 4.72 Å². The van der Waals surface area contributed by atoms with Gasteiger partial charge in [-0.15, -0.1) is 0 Å². The van der Waals surface area contributed by atoms with Crippen LogP contribution in [0.2, 0.25) is 0 Å². The second-order valence-electron chi connectivity index (χ2n) is 9.09. The molecule has 0 aliphatic carbocycles. The van der Waals surface area contributed by atoms with Crippen molar-refractivity contribution in [3.63, 3.8) is 0 Å². The van der Waals surface area contributed by atoms with Gasteiger partial charge in [-0.05, 0) is 70.2 Å². The van der Waals surface area contributed by atoms with Crippen LogP contribution in [0.4, 0.5) is 23.2 Å². The van der Waals surface area contributed by atoms with Gasteiger partial charge in [-0.2, -0.15) is 23.2 Å². The van der Waals surface area contributed by atoms with E-state index < -0.39 is 75.5 Å². The molecule has 0 aliphatic rings. The molecule has 36 heavy (non-hydrogen) atoms. The van der Waals surface area contributed by atoms with Crippen LogP contribution < -0.4 is 10.0 Å². The number of sulfone groups is 1. The van der Waals surface area contributed by atoms with E-state index in [0.29, 0.717) is 6.07 Å². The number of nitriles is 1. The number of nitrogens with one attached hydrogen (secondary N) is 2. The number of amides is 1. The molecule has 0 unspecified atom stereocenters. The van der Waals surface area contributed by atoms with E-state index in [-0.39, 0.29) is 0 Å². The first-order valence-corrected chi connectivity index (χ1v) is 13.3. The number of alkyl halides is 3.